The third-order valence-corrected chi connectivity index (χ3v) is 5.94. The second kappa shape index (κ2) is 9.54. The summed E-state index contributed by atoms with van der Waals surface area (Å²) in [6.07, 6.45) is 1.62. The molecule has 1 amide bonds. The van der Waals surface area contributed by atoms with Crippen molar-refractivity contribution in [1.29, 1.82) is 0 Å². The number of aryl methyl sites for hydroxylation is 2. The van der Waals surface area contributed by atoms with Crippen molar-refractivity contribution in [3.8, 4) is 5.75 Å². The van der Waals surface area contributed by atoms with E-state index in [9.17, 15) is 9.18 Å². The first-order chi connectivity index (χ1) is 15.4. The number of thiophene rings is 1. The quantitative estimate of drug-likeness (QED) is 0.349. The van der Waals surface area contributed by atoms with Crippen LogP contribution in [-0.4, -0.2) is 15.7 Å². The van der Waals surface area contributed by atoms with E-state index < -0.39 is 0 Å². The van der Waals surface area contributed by atoms with E-state index >= 15 is 0 Å². The largest absolute Gasteiger partial charge is 0.489 e. The number of nitrogens with zero attached hydrogens (tertiary/aromatic N) is 2. The van der Waals surface area contributed by atoms with Gasteiger partial charge in [0.05, 0.1) is 11.4 Å². The van der Waals surface area contributed by atoms with Crippen molar-refractivity contribution in [2.75, 3.05) is 5.32 Å². The monoisotopic (exact) mass is 469 g/mol. The van der Waals surface area contributed by atoms with Crippen molar-refractivity contribution < 1.29 is 13.9 Å². The van der Waals surface area contributed by atoms with Crippen molar-refractivity contribution in [3.05, 3.63) is 98.1 Å². The molecule has 5 nitrogen and oxygen atoms in total. The van der Waals surface area contributed by atoms with Crippen LogP contribution in [0.5, 0.6) is 5.75 Å². The number of carbonyl (C=O) groups excluding carboxylic acids is 1. The summed E-state index contributed by atoms with van der Waals surface area (Å²) in [6, 6.07) is 14.0. The fourth-order valence-corrected chi connectivity index (χ4v) is 4.25. The first-order valence-corrected chi connectivity index (χ1v) is 11.2. The highest BCUT2D eigenvalue weighted by atomic mass is 35.5. The number of benzene rings is 2. The number of carbonyl (C=O) groups is 1. The molecule has 4 aromatic rings. The van der Waals surface area contributed by atoms with Gasteiger partial charge in [0.2, 0.25) is 0 Å². The second-order valence-electron chi connectivity index (χ2n) is 7.54. The fraction of sp³-hybridized carbons (Fsp3) is 0.167. The Balaban J connectivity index is 1.37. The van der Waals surface area contributed by atoms with Gasteiger partial charge in [-0.2, -0.15) is 5.10 Å². The summed E-state index contributed by atoms with van der Waals surface area (Å²) in [6.45, 7) is 4.84. The molecule has 2 aromatic carbocycles. The zero-order valence-electron chi connectivity index (χ0n) is 17.6. The Morgan fingerprint density at radius 1 is 1.12 bits per heavy atom. The maximum absolute atomic E-state index is 13.1. The molecular weight excluding hydrogens is 449 g/mol. The van der Waals surface area contributed by atoms with Crippen LogP contribution in [0.1, 0.15) is 31.9 Å². The van der Waals surface area contributed by atoms with E-state index in [2.05, 4.69) is 16.5 Å². The minimum atomic E-state index is -0.296. The van der Waals surface area contributed by atoms with Gasteiger partial charge in [0.25, 0.3) is 5.91 Å². The van der Waals surface area contributed by atoms with Gasteiger partial charge in [0.15, 0.2) is 5.82 Å². The summed E-state index contributed by atoms with van der Waals surface area (Å²) in [4.78, 5) is 13.2. The number of nitrogens with one attached hydrogen (secondary N) is 1. The zero-order chi connectivity index (χ0) is 22.7. The van der Waals surface area contributed by atoms with Gasteiger partial charge in [-0.3, -0.25) is 9.48 Å². The number of ether oxygens (including phenoxy) is 1. The van der Waals surface area contributed by atoms with E-state index in [4.69, 9.17) is 16.3 Å². The Hall–Kier alpha value is -3.16. The smallest absolute Gasteiger partial charge is 0.266 e. The number of anilines is 1. The van der Waals surface area contributed by atoms with Gasteiger partial charge in [-0.15, -0.1) is 11.3 Å². The summed E-state index contributed by atoms with van der Waals surface area (Å²) in [5.41, 5.74) is 4.06. The van der Waals surface area contributed by atoms with Crippen LogP contribution >= 0.6 is 22.9 Å². The van der Waals surface area contributed by atoms with Crippen LogP contribution in [-0.2, 0) is 13.2 Å². The van der Waals surface area contributed by atoms with Crippen LogP contribution in [0.3, 0.4) is 0 Å². The van der Waals surface area contributed by atoms with Crippen LogP contribution in [0.25, 0.3) is 0 Å². The third-order valence-electron chi connectivity index (χ3n) is 4.69. The van der Waals surface area contributed by atoms with Crippen LogP contribution in [0.2, 0.25) is 5.02 Å². The molecule has 8 heteroatoms. The number of rotatable bonds is 7. The summed E-state index contributed by atoms with van der Waals surface area (Å²) in [5, 5.41) is 9.31. The lowest BCUT2D eigenvalue weighted by molar-refractivity contribution is 0.103. The Bertz CT molecular complexity index is 1230. The van der Waals surface area contributed by atoms with Crippen molar-refractivity contribution in [2.24, 2.45) is 0 Å². The maximum Gasteiger partial charge on any atom is 0.266 e. The molecule has 0 saturated heterocycles. The van der Waals surface area contributed by atoms with Crippen molar-refractivity contribution in [3.63, 3.8) is 0 Å². The minimum Gasteiger partial charge on any atom is -0.489 e. The average molecular weight is 470 g/mol. The molecule has 0 unspecified atom stereocenters. The van der Waals surface area contributed by atoms with Crippen molar-refractivity contribution in [1.82, 2.24) is 9.78 Å². The van der Waals surface area contributed by atoms with E-state index in [-0.39, 0.29) is 17.5 Å². The normalized spacial score (nSPS) is 10.9. The molecule has 0 radical (unpaired) electrons. The summed E-state index contributed by atoms with van der Waals surface area (Å²) in [5.74, 6) is 0.495. The molecule has 0 atom stereocenters. The second-order valence-corrected chi connectivity index (χ2v) is 8.85. The first-order valence-electron chi connectivity index (χ1n) is 9.93. The molecule has 2 aromatic heterocycles. The molecule has 32 heavy (non-hydrogen) atoms. The molecule has 0 aliphatic rings. The Kier molecular flexibility index (Phi) is 6.58. The van der Waals surface area contributed by atoms with Crippen LogP contribution in [0.4, 0.5) is 10.2 Å². The van der Waals surface area contributed by atoms with Gasteiger partial charge in [0, 0.05) is 11.8 Å². The average Bonchev–Trinajstić information content (AvgIpc) is 3.34. The number of amides is 1. The predicted molar refractivity (Wildman–Crippen MR) is 125 cm³/mol. The Morgan fingerprint density at radius 3 is 2.56 bits per heavy atom. The minimum absolute atomic E-state index is 0.278. The van der Waals surface area contributed by atoms with Gasteiger partial charge < -0.3 is 10.1 Å². The summed E-state index contributed by atoms with van der Waals surface area (Å²) in [7, 11) is 0. The van der Waals surface area contributed by atoms with Gasteiger partial charge in [-0.1, -0.05) is 29.8 Å². The number of hydrogen-bond acceptors (Lipinski definition) is 4. The lowest BCUT2D eigenvalue weighted by atomic mass is 10.1. The van der Waals surface area contributed by atoms with Crippen LogP contribution in [0, 0.1) is 19.7 Å². The van der Waals surface area contributed by atoms with E-state index in [1.165, 1.54) is 23.5 Å². The van der Waals surface area contributed by atoms with E-state index in [0.29, 0.717) is 23.1 Å². The molecule has 0 bridgehead atoms. The zero-order valence-corrected chi connectivity index (χ0v) is 19.1. The molecule has 0 spiro atoms. The molecule has 0 saturated carbocycles. The summed E-state index contributed by atoms with van der Waals surface area (Å²) >= 11 is 7.57. The molecule has 164 valence electrons. The summed E-state index contributed by atoms with van der Waals surface area (Å²) < 4.78 is 20.5. The van der Waals surface area contributed by atoms with E-state index in [1.807, 2.05) is 31.4 Å². The van der Waals surface area contributed by atoms with Crippen LogP contribution in [0.15, 0.2) is 60.1 Å². The SMILES string of the molecule is Cc1cc(C)cc(OCc2csc(C(=O)Nc3nn(Cc4ccc(F)cc4)cc3Cl)c2)c1. The highest BCUT2D eigenvalue weighted by Crippen LogP contribution is 2.24. The van der Waals surface area contributed by atoms with Crippen molar-refractivity contribution >= 4 is 34.7 Å². The molecule has 4 rings (SSSR count). The van der Waals surface area contributed by atoms with E-state index in [1.54, 1.807) is 29.1 Å². The lowest BCUT2D eigenvalue weighted by Crippen LogP contribution is -2.11. The van der Waals surface area contributed by atoms with Crippen LogP contribution < -0.4 is 10.1 Å². The fourth-order valence-electron chi connectivity index (χ4n) is 3.26. The maximum atomic E-state index is 13.1. The number of hydrogen-bond donors (Lipinski definition) is 1. The Labute approximate surface area is 194 Å². The number of aromatic nitrogens is 2. The highest BCUT2D eigenvalue weighted by molar-refractivity contribution is 7.12. The molecular formula is C24H21ClFN3O2S. The Morgan fingerprint density at radius 2 is 1.84 bits per heavy atom. The molecule has 0 fully saturated rings. The molecule has 0 aliphatic carbocycles. The standard InChI is InChI=1S/C24H21ClFN3O2S/c1-15-7-16(2)9-20(8-15)31-13-18-10-22(32-14-18)24(30)27-23-21(25)12-29(28-23)11-17-3-5-19(26)6-4-17/h3-10,12,14H,11,13H2,1-2H3,(H,27,28,30). The van der Waals surface area contributed by atoms with E-state index in [0.717, 1.165) is 28.0 Å². The molecule has 1 N–H and O–H groups in total. The lowest BCUT2D eigenvalue weighted by Gasteiger charge is -2.07. The van der Waals surface area contributed by atoms with Gasteiger partial charge >= 0.3 is 0 Å². The number of halogens is 2. The molecule has 0 aliphatic heterocycles. The molecule has 2 heterocycles. The van der Waals surface area contributed by atoms with Gasteiger partial charge in [-0.05, 0) is 66.2 Å². The van der Waals surface area contributed by atoms with Crippen molar-refractivity contribution in [2.45, 2.75) is 27.0 Å². The topological polar surface area (TPSA) is 56.1 Å². The predicted octanol–water partition coefficient (Wildman–Crippen LogP) is 6.23. The first kappa shape index (κ1) is 22.0. The van der Waals surface area contributed by atoms with Gasteiger partial charge in [0.1, 0.15) is 23.2 Å². The highest BCUT2D eigenvalue weighted by Gasteiger charge is 2.15. The third kappa shape index (κ3) is 5.55. The van der Waals surface area contributed by atoms with Gasteiger partial charge in [-0.25, -0.2) is 4.39 Å².